The monoisotopic (exact) mass is 426 g/mol. The lowest BCUT2D eigenvalue weighted by atomic mass is 9.92. The number of carboxylic acids is 1. The van der Waals surface area contributed by atoms with Crippen molar-refractivity contribution in [3.05, 3.63) is 23.8 Å². The number of likely N-dealkylation sites (tertiary alicyclic amines) is 1. The fourth-order valence-corrected chi connectivity index (χ4v) is 3.51. The molecule has 1 unspecified atom stereocenters. The molecule has 4 atom stereocenters. The number of β-lactam (4-membered cyclic amide) rings is 1. The number of carbonyl (C=O) groups excluding carboxylic acids is 2. The number of carboxylic acid groups (broad SMARTS) is 1. The van der Waals surface area contributed by atoms with Gasteiger partial charge in [-0.25, -0.2) is 10.2 Å². The summed E-state index contributed by atoms with van der Waals surface area (Å²) in [5, 5.41) is 31.8. The van der Waals surface area contributed by atoms with E-state index >= 15 is 0 Å². The molecule has 1 saturated heterocycles. The normalized spacial score (nSPS) is 20.6. The van der Waals surface area contributed by atoms with Crippen LogP contribution in [0, 0.1) is 0 Å². The van der Waals surface area contributed by atoms with Gasteiger partial charge < -0.3 is 24.8 Å². The lowest BCUT2D eigenvalue weighted by Crippen LogP contribution is -2.67. The van der Waals surface area contributed by atoms with Crippen molar-refractivity contribution in [2.75, 3.05) is 0 Å². The lowest BCUT2D eigenvalue weighted by molar-refractivity contribution is -0.161. The summed E-state index contributed by atoms with van der Waals surface area (Å²) in [5.74, 6) is -3.45. The molecular weight excluding hydrogens is 406 g/mol. The smallest absolute Gasteiger partial charge is 0.328 e. The molecule has 2 amide bonds. The van der Waals surface area contributed by atoms with Crippen LogP contribution in [-0.4, -0.2) is 69.8 Å². The molecule has 1 aromatic rings. The van der Waals surface area contributed by atoms with Gasteiger partial charge in [-0.1, -0.05) is 6.07 Å². The number of hydrazone groups is 1. The van der Waals surface area contributed by atoms with Gasteiger partial charge in [0, 0.05) is 18.7 Å². The predicted octanol–water partition coefficient (Wildman–Crippen LogP) is -0.546. The molecule has 1 heterocycles. The molecule has 158 valence electrons. The number of phenolic OH excluding ortho intramolecular Hbond substituents is 2. The second-order valence-corrected chi connectivity index (χ2v) is 8.16. The summed E-state index contributed by atoms with van der Waals surface area (Å²) in [6, 6.07) is 1.60. The Morgan fingerprint density at radius 2 is 2.10 bits per heavy atom. The predicted molar refractivity (Wildman–Crippen MR) is 99.8 cm³/mol. The number of amides is 2. The van der Waals surface area contributed by atoms with Crippen LogP contribution < -0.4 is 5.43 Å². The summed E-state index contributed by atoms with van der Waals surface area (Å²) in [5.41, 5.74) is 2.44. The van der Waals surface area contributed by atoms with E-state index in [1.54, 1.807) is 6.92 Å². The van der Waals surface area contributed by atoms with Gasteiger partial charge in [0.2, 0.25) is 11.8 Å². The second-order valence-electron chi connectivity index (χ2n) is 6.81. The van der Waals surface area contributed by atoms with Crippen LogP contribution in [0.2, 0.25) is 0 Å². The Balaban J connectivity index is 2.15. The summed E-state index contributed by atoms with van der Waals surface area (Å²) >= 11 is -2.98. The Hall–Kier alpha value is -2.99. The number of aliphatic carboxylic acids is 1. The van der Waals surface area contributed by atoms with E-state index < -0.39 is 51.4 Å². The minimum absolute atomic E-state index is 0.110. The van der Waals surface area contributed by atoms with Crippen LogP contribution in [0.25, 0.3) is 0 Å². The zero-order valence-corrected chi connectivity index (χ0v) is 16.4. The highest BCUT2D eigenvalue weighted by molar-refractivity contribution is 7.81. The van der Waals surface area contributed by atoms with Crippen LogP contribution >= 0.6 is 0 Å². The van der Waals surface area contributed by atoms with Crippen LogP contribution in [0.3, 0.4) is 0 Å². The standard InChI is InChI=1S/C17H21N3O8S/c1-9-5-14(24)20(9)15(16(25)26)17(2,29(27)28)8-18-19-13(23)7-10-3-4-11(21)12(22)6-10/h3-4,6,8-9,15,21-22H,5,7H2,1-2H3,(H,19,23)(H,25,26)(H,27,28)/p-1/b18-8+/t9-,15+,17+/m1/s1. The van der Waals surface area contributed by atoms with Gasteiger partial charge in [0.05, 0.1) is 11.2 Å². The molecule has 1 aliphatic rings. The Bertz CT molecular complexity index is 889. The van der Waals surface area contributed by atoms with Crippen molar-refractivity contribution in [2.24, 2.45) is 5.10 Å². The molecular formula is C17H20N3O8S-. The SMILES string of the molecule is C[C@@H]1CC(=O)N1[C@@H](C(=O)O)[C@](C)(/C=N/NC(=O)Cc1ccc(O)c(O)c1)S(=O)[O-]. The molecule has 4 N–H and O–H groups in total. The zero-order valence-electron chi connectivity index (χ0n) is 15.6. The van der Waals surface area contributed by atoms with Gasteiger partial charge in [-0.3, -0.25) is 13.8 Å². The maximum absolute atomic E-state index is 12.0. The third-order valence-corrected chi connectivity index (χ3v) is 5.61. The highest BCUT2D eigenvalue weighted by Crippen LogP contribution is 2.30. The first-order chi connectivity index (χ1) is 13.5. The van der Waals surface area contributed by atoms with Gasteiger partial charge in [0.15, 0.2) is 17.5 Å². The first-order valence-electron chi connectivity index (χ1n) is 8.44. The third-order valence-electron chi connectivity index (χ3n) is 4.56. The van der Waals surface area contributed by atoms with Crippen molar-refractivity contribution in [1.29, 1.82) is 0 Å². The summed E-state index contributed by atoms with van der Waals surface area (Å²) in [4.78, 5) is 36.4. The first-order valence-corrected chi connectivity index (χ1v) is 9.52. The number of rotatable bonds is 8. The molecule has 1 fully saturated rings. The lowest BCUT2D eigenvalue weighted by Gasteiger charge is -2.48. The Kier molecular flexibility index (Phi) is 6.59. The van der Waals surface area contributed by atoms with Gasteiger partial charge in [-0.05, 0) is 42.6 Å². The van der Waals surface area contributed by atoms with Gasteiger partial charge in [0.1, 0.15) is 0 Å². The van der Waals surface area contributed by atoms with Gasteiger partial charge >= 0.3 is 5.97 Å². The fourth-order valence-electron chi connectivity index (χ4n) is 2.97. The Labute approximate surface area is 168 Å². The van der Waals surface area contributed by atoms with Crippen LogP contribution in [0.5, 0.6) is 11.5 Å². The molecule has 1 aliphatic heterocycles. The maximum Gasteiger partial charge on any atom is 0.328 e. The number of carbonyl (C=O) groups is 3. The van der Waals surface area contributed by atoms with Crippen molar-refractivity contribution in [3.8, 4) is 11.5 Å². The van der Waals surface area contributed by atoms with E-state index in [-0.39, 0.29) is 18.6 Å². The molecule has 1 aromatic carbocycles. The van der Waals surface area contributed by atoms with E-state index in [4.69, 9.17) is 0 Å². The minimum Gasteiger partial charge on any atom is -0.772 e. The fraction of sp³-hybridized carbons (Fsp3) is 0.412. The van der Waals surface area contributed by atoms with E-state index in [1.165, 1.54) is 18.2 Å². The molecule has 0 spiro atoms. The highest BCUT2D eigenvalue weighted by atomic mass is 32.2. The molecule has 0 radical (unpaired) electrons. The topological polar surface area (TPSA) is 180 Å². The van der Waals surface area contributed by atoms with E-state index in [2.05, 4.69) is 10.5 Å². The average molecular weight is 426 g/mol. The van der Waals surface area contributed by atoms with Crippen molar-refractivity contribution < 1.29 is 38.5 Å². The summed E-state index contributed by atoms with van der Waals surface area (Å²) in [7, 11) is 0. The van der Waals surface area contributed by atoms with Gasteiger partial charge in [-0.2, -0.15) is 5.10 Å². The molecule has 0 saturated carbocycles. The van der Waals surface area contributed by atoms with Crippen LogP contribution in [-0.2, 0) is 31.9 Å². The zero-order chi connectivity index (χ0) is 21.9. The van der Waals surface area contributed by atoms with E-state index in [0.717, 1.165) is 18.0 Å². The van der Waals surface area contributed by atoms with Crippen molar-refractivity contribution >= 4 is 35.1 Å². The van der Waals surface area contributed by atoms with Gasteiger partial charge in [-0.15, -0.1) is 0 Å². The number of nitrogens with zero attached hydrogens (tertiary/aromatic N) is 2. The van der Waals surface area contributed by atoms with Crippen LogP contribution in [0.15, 0.2) is 23.3 Å². The van der Waals surface area contributed by atoms with E-state index in [1.807, 2.05) is 0 Å². The Morgan fingerprint density at radius 1 is 1.45 bits per heavy atom. The van der Waals surface area contributed by atoms with Crippen molar-refractivity contribution in [3.63, 3.8) is 0 Å². The minimum atomic E-state index is -2.98. The third kappa shape index (κ3) is 4.71. The van der Waals surface area contributed by atoms with Crippen molar-refractivity contribution in [1.82, 2.24) is 10.3 Å². The van der Waals surface area contributed by atoms with E-state index in [0.29, 0.717) is 5.56 Å². The van der Waals surface area contributed by atoms with Gasteiger partial charge in [0.25, 0.3) is 0 Å². The number of nitrogens with one attached hydrogen (secondary N) is 1. The number of hydrogen-bond acceptors (Lipinski definition) is 8. The molecule has 0 bridgehead atoms. The molecule has 29 heavy (non-hydrogen) atoms. The molecule has 0 aliphatic carbocycles. The maximum atomic E-state index is 12.0. The van der Waals surface area contributed by atoms with Crippen molar-refractivity contribution in [2.45, 2.75) is 43.5 Å². The molecule has 12 heteroatoms. The summed E-state index contributed by atoms with van der Waals surface area (Å²) in [6.45, 7) is 2.68. The Morgan fingerprint density at radius 3 is 2.59 bits per heavy atom. The summed E-state index contributed by atoms with van der Waals surface area (Å²) in [6.07, 6.45) is 0.629. The van der Waals surface area contributed by atoms with E-state index in [9.17, 15) is 38.5 Å². The largest absolute Gasteiger partial charge is 0.772 e. The first kappa shape index (κ1) is 22.3. The van der Waals surface area contributed by atoms with Crippen LogP contribution in [0.4, 0.5) is 0 Å². The average Bonchev–Trinajstić information content (AvgIpc) is 2.62. The highest BCUT2D eigenvalue weighted by Gasteiger charge is 2.51. The molecule has 2 rings (SSSR count). The molecule has 11 nitrogen and oxygen atoms in total. The summed E-state index contributed by atoms with van der Waals surface area (Å²) < 4.78 is 21.5. The number of aromatic hydroxyl groups is 2. The molecule has 0 aromatic heterocycles. The number of hydrogen-bond donors (Lipinski definition) is 4. The number of benzene rings is 1. The quantitative estimate of drug-likeness (QED) is 0.140. The van der Waals surface area contributed by atoms with Crippen LogP contribution in [0.1, 0.15) is 25.8 Å². The number of phenols is 2. The second kappa shape index (κ2) is 8.57.